The number of hydrogen-bond acceptors (Lipinski definition) is 6. The number of rotatable bonds is 4. The lowest BCUT2D eigenvalue weighted by Gasteiger charge is -2.33. The van der Waals surface area contributed by atoms with Crippen LogP contribution in [0, 0.1) is 0 Å². The van der Waals surface area contributed by atoms with Crippen molar-refractivity contribution in [1.82, 2.24) is 9.78 Å². The SMILES string of the molecule is C[C@@H](C(=O)ON)N1C(=O)C(Cc2ccc(Cl)cc2)Sc2cn(C)nc21. The number of nitrogens with zero attached hydrogens (tertiary/aromatic N) is 3. The summed E-state index contributed by atoms with van der Waals surface area (Å²) >= 11 is 7.35. The smallest absolute Gasteiger partial charge is 0.347 e. The van der Waals surface area contributed by atoms with Gasteiger partial charge in [0, 0.05) is 18.3 Å². The molecule has 0 aliphatic carbocycles. The highest BCUT2D eigenvalue weighted by Gasteiger charge is 2.40. The van der Waals surface area contributed by atoms with E-state index < -0.39 is 12.0 Å². The highest BCUT2D eigenvalue weighted by atomic mass is 35.5. The molecule has 1 aliphatic rings. The fourth-order valence-electron chi connectivity index (χ4n) is 2.71. The van der Waals surface area contributed by atoms with Crippen molar-refractivity contribution in [2.24, 2.45) is 12.9 Å². The van der Waals surface area contributed by atoms with Gasteiger partial charge in [-0.1, -0.05) is 23.7 Å². The van der Waals surface area contributed by atoms with Gasteiger partial charge in [0.2, 0.25) is 5.91 Å². The van der Waals surface area contributed by atoms with Crippen LogP contribution in [-0.2, 0) is 27.9 Å². The van der Waals surface area contributed by atoms with E-state index in [1.165, 1.54) is 16.7 Å². The molecule has 1 amide bonds. The molecule has 2 atom stereocenters. The molecule has 2 aromatic rings. The first kappa shape index (κ1) is 17.8. The number of hydrogen-bond donors (Lipinski definition) is 1. The van der Waals surface area contributed by atoms with Crippen LogP contribution in [0.15, 0.2) is 35.4 Å². The molecule has 1 unspecified atom stereocenters. The van der Waals surface area contributed by atoms with E-state index in [-0.39, 0.29) is 11.2 Å². The van der Waals surface area contributed by atoms with E-state index >= 15 is 0 Å². The Morgan fingerprint density at radius 2 is 2.12 bits per heavy atom. The Kier molecular flexibility index (Phi) is 5.03. The molecule has 2 N–H and O–H groups in total. The van der Waals surface area contributed by atoms with Crippen molar-refractivity contribution in [2.45, 2.75) is 29.5 Å². The molecule has 0 spiro atoms. The van der Waals surface area contributed by atoms with Gasteiger partial charge in [0.05, 0.1) is 10.1 Å². The second-order valence-corrected chi connectivity index (χ2v) is 7.43. The Balaban J connectivity index is 1.93. The van der Waals surface area contributed by atoms with Crippen LogP contribution >= 0.6 is 23.4 Å². The minimum absolute atomic E-state index is 0.205. The molecular formula is C16H17ClN4O3S. The fourth-order valence-corrected chi connectivity index (χ4v) is 4.09. The monoisotopic (exact) mass is 380 g/mol. The molecular weight excluding hydrogens is 364 g/mol. The third-order valence-electron chi connectivity index (χ3n) is 3.97. The Morgan fingerprint density at radius 3 is 2.76 bits per heavy atom. The summed E-state index contributed by atoms with van der Waals surface area (Å²) in [5.74, 6) is 4.54. The van der Waals surface area contributed by atoms with Gasteiger partial charge in [-0.05, 0) is 31.0 Å². The van der Waals surface area contributed by atoms with Gasteiger partial charge >= 0.3 is 5.97 Å². The molecule has 9 heteroatoms. The summed E-state index contributed by atoms with van der Waals surface area (Å²) in [6, 6.07) is 6.49. The summed E-state index contributed by atoms with van der Waals surface area (Å²) in [6.07, 6.45) is 2.34. The van der Waals surface area contributed by atoms with Crippen LogP contribution in [0.5, 0.6) is 0 Å². The van der Waals surface area contributed by atoms with Crippen LogP contribution in [0.25, 0.3) is 0 Å². The van der Waals surface area contributed by atoms with E-state index in [0.717, 1.165) is 10.5 Å². The van der Waals surface area contributed by atoms with Gasteiger partial charge in [-0.15, -0.1) is 11.8 Å². The van der Waals surface area contributed by atoms with Crippen LogP contribution in [0.4, 0.5) is 5.82 Å². The average molecular weight is 381 g/mol. The van der Waals surface area contributed by atoms with Crippen molar-refractivity contribution in [3.05, 3.63) is 41.0 Å². The highest BCUT2D eigenvalue weighted by molar-refractivity contribution is 8.01. The molecule has 0 fully saturated rings. The van der Waals surface area contributed by atoms with Gasteiger partial charge in [-0.25, -0.2) is 4.79 Å². The largest absolute Gasteiger partial charge is 0.372 e. The van der Waals surface area contributed by atoms with E-state index in [1.54, 1.807) is 30.8 Å². The standard InChI is InChI=1S/C16H17ClN4O3S/c1-9(16(23)24-18)21-14-13(8-20(2)19-14)25-12(15(21)22)7-10-3-5-11(17)6-4-10/h3-6,8-9,12H,7,18H2,1-2H3/t9-,12?/m0/s1. The maximum absolute atomic E-state index is 13.0. The number of halogens is 1. The lowest BCUT2D eigenvalue weighted by atomic mass is 10.1. The second-order valence-electron chi connectivity index (χ2n) is 5.75. The summed E-state index contributed by atoms with van der Waals surface area (Å²) in [5.41, 5.74) is 0.983. The van der Waals surface area contributed by atoms with E-state index in [4.69, 9.17) is 17.5 Å². The minimum atomic E-state index is -0.861. The number of anilines is 1. The number of carbonyl (C=O) groups is 2. The van der Waals surface area contributed by atoms with Crippen molar-refractivity contribution >= 4 is 41.1 Å². The molecule has 1 aromatic carbocycles. The molecule has 0 bridgehead atoms. The van der Waals surface area contributed by atoms with E-state index in [1.807, 2.05) is 18.3 Å². The fraction of sp³-hybridized carbons (Fsp3) is 0.312. The summed E-state index contributed by atoms with van der Waals surface area (Å²) < 4.78 is 1.61. The third kappa shape index (κ3) is 3.51. The average Bonchev–Trinajstić information content (AvgIpc) is 2.96. The summed E-state index contributed by atoms with van der Waals surface area (Å²) in [4.78, 5) is 31.4. The summed E-state index contributed by atoms with van der Waals surface area (Å²) in [5, 5.41) is 4.57. The van der Waals surface area contributed by atoms with Gasteiger partial charge in [0.1, 0.15) is 6.04 Å². The van der Waals surface area contributed by atoms with Crippen LogP contribution in [0.3, 0.4) is 0 Å². The number of aryl methyl sites for hydroxylation is 1. The van der Waals surface area contributed by atoms with E-state index in [9.17, 15) is 9.59 Å². The zero-order valence-corrected chi connectivity index (χ0v) is 15.3. The number of nitrogens with two attached hydrogens (primary N) is 1. The molecule has 1 aromatic heterocycles. The van der Waals surface area contributed by atoms with Gasteiger partial charge in [-0.2, -0.15) is 11.0 Å². The Labute approximate surface area is 154 Å². The molecule has 0 saturated heterocycles. The van der Waals surface area contributed by atoms with Gasteiger partial charge in [0.15, 0.2) is 5.82 Å². The topological polar surface area (TPSA) is 90.5 Å². The van der Waals surface area contributed by atoms with Gasteiger partial charge in [0.25, 0.3) is 0 Å². The van der Waals surface area contributed by atoms with Crippen molar-refractivity contribution in [2.75, 3.05) is 4.90 Å². The van der Waals surface area contributed by atoms with Crippen LogP contribution in [0.1, 0.15) is 12.5 Å². The zero-order valence-electron chi connectivity index (χ0n) is 13.7. The molecule has 25 heavy (non-hydrogen) atoms. The quantitative estimate of drug-likeness (QED) is 0.815. The first-order chi connectivity index (χ1) is 11.9. The lowest BCUT2D eigenvalue weighted by Crippen LogP contribution is -2.50. The van der Waals surface area contributed by atoms with E-state index in [0.29, 0.717) is 17.3 Å². The van der Waals surface area contributed by atoms with Crippen molar-refractivity contribution in [3.8, 4) is 0 Å². The molecule has 132 valence electrons. The summed E-state index contributed by atoms with van der Waals surface area (Å²) in [7, 11) is 1.77. The second kappa shape index (κ2) is 7.07. The maximum Gasteiger partial charge on any atom is 0.347 e. The minimum Gasteiger partial charge on any atom is -0.372 e. The molecule has 1 aliphatic heterocycles. The van der Waals surface area contributed by atoms with Crippen LogP contribution < -0.4 is 10.8 Å². The number of amides is 1. The predicted molar refractivity (Wildman–Crippen MR) is 95.2 cm³/mol. The molecule has 3 rings (SSSR count). The maximum atomic E-state index is 13.0. The summed E-state index contributed by atoms with van der Waals surface area (Å²) in [6.45, 7) is 1.57. The predicted octanol–water partition coefficient (Wildman–Crippen LogP) is 1.93. The van der Waals surface area contributed by atoms with Gasteiger partial charge in [-0.3, -0.25) is 14.4 Å². The lowest BCUT2D eigenvalue weighted by molar-refractivity contribution is -0.146. The first-order valence-electron chi connectivity index (χ1n) is 7.59. The number of fused-ring (bicyclic) bond motifs is 1. The van der Waals surface area contributed by atoms with Crippen LogP contribution in [-0.4, -0.2) is 32.9 Å². The number of aromatic nitrogens is 2. The zero-order chi connectivity index (χ0) is 18.1. The number of benzene rings is 1. The van der Waals surface area contributed by atoms with Crippen LogP contribution in [0.2, 0.25) is 5.02 Å². The first-order valence-corrected chi connectivity index (χ1v) is 8.85. The Morgan fingerprint density at radius 1 is 1.44 bits per heavy atom. The normalized spacial score (nSPS) is 18.0. The Hall–Kier alpha value is -2.03. The van der Waals surface area contributed by atoms with Crippen molar-refractivity contribution in [3.63, 3.8) is 0 Å². The third-order valence-corrected chi connectivity index (χ3v) is 5.41. The van der Waals surface area contributed by atoms with Gasteiger partial charge < -0.3 is 4.84 Å². The van der Waals surface area contributed by atoms with Crippen molar-refractivity contribution in [1.29, 1.82) is 0 Å². The molecule has 0 radical (unpaired) electrons. The molecule has 2 heterocycles. The number of carbonyl (C=O) groups excluding carboxylic acids is 2. The Bertz CT molecular complexity index is 808. The number of thioether (sulfide) groups is 1. The molecule has 7 nitrogen and oxygen atoms in total. The highest BCUT2D eigenvalue weighted by Crippen LogP contribution is 2.40. The molecule has 0 saturated carbocycles. The van der Waals surface area contributed by atoms with E-state index in [2.05, 4.69) is 9.94 Å². The van der Waals surface area contributed by atoms with Crippen molar-refractivity contribution < 1.29 is 14.4 Å².